The third-order valence-corrected chi connectivity index (χ3v) is 3.05. The lowest BCUT2D eigenvalue weighted by Gasteiger charge is -2.02. The summed E-state index contributed by atoms with van der Waals surface area (Å²) >= 11 is 1.53. The maximum atomic E-state index is 7.31. The van der Waals surface area contributed by atoms with Crippen LogP contribution < -0.4 is 5.73 Å². The first-order valence-corrected chi connectivity index (χ1v) is 6.08. The van der Waals surface area contributed by atoms with E-state index >= 15 is 0 Å². The van der Waals surface area contributed by atoms with Crippen LogP contribution in [0.25, 0.3) is 0 Å². The molecule has 2 aromatic rings. The van der Waals surface area contributed by atoms with Crippen molar-refractivity contribution in [3.05, 3.63) is 53.9 Å². The van der Waals surface area contributed by atoms with Crippen LogP contribution in [0.2, 0.25) is 0 Å². The first-order valence-electron chi connectivity index (χ1n) is 5.10. The molecule has 0 atom stereocenters. The van der Waals surface area contributed by atoms with Gasteiger partial charge in [0.2, 0.25) is 0 Å². The molecule has 86 valence electrons. The molecule has 3 N–H and O–H groups in total. The van der Waals surface area contributed by atoms with Gasteiger partial charge in [-0.25, -0.2) is 9.97 Å². The molecule has 0 fully saturated rings. The van der Waals surface area contributed by atoms with Crippen molar-refractivity contribution in [1.82, 2.24) is 9.97 Å². The molecule has 0 saturated heterocycles. The van der Waals surface area contributed by atoms with Crippen LogP contribution >= 0.6 is 11.8 Å². The highest BCUT2D eigenvalue weighted by Gasteiger charge is 2.02. The number of nitrogens with two attached hydrogens (primary N) is 1. The summed E-state index contributed by atoms with van der Waals surface area (Å²) < 4.78 is 0. The van der Waals surface area contributed by atoms with Crippen molar-refractivity contribution in [3.8, 4) is 0 Å². The average Bonchev–Trinajstić information content (AvgIpc) is 2.38. The van der Waals surface area contributed by atoms with E-state index in [-0.39, 0.29) is 5.84 Å². The lowest BCUT2D eigenvalue weighted by molar-refractivity contribution is 0.953. The molecule has 0 aliphatic heterocycles. The molecule has 0 radical (unpaired) electrons. The fraction of sp³-hybridized carbons (Fsp3) is 0.0833. The number of aromatic nitrogens is 2. The molecule has 17 heavy (non-hydrogen) atoms. The van der Waals surface area contributed by atoms with Crippen molar-refractivity contribution in [2.24, 2.45) is 5.73 Å². The smallest absolute Gasteiger partial charge is 0.188 e. The van der Waals surface area contributed by atoms with Crippen LogP contribution in [0, 0.1) is 5.41 Å². The van der Waals surface area contributed by atoms with E-state index in [0.717, 1.165) is 5.75 Å². The van der Waals surface area contributed by atoms with Crippen LogP contribution in [0.1, 0.15) is 11.3 Å². The topological polar surface area (TPSA) is 75.7 Å². The van der Waals surface area contributed by atoms with E-state index in [0.29, 0.717) is 10.9 Å². The number of nitrogens with zero attached hydrogens (tertiary/aromatic N) is 2. The van der Waals surface area contributed by atoms with Gasteiger partial charge in [-0.3, -0.25) is 5.41 Å². The van der Waals surface area contributed by atoms with Crippen LogP contribution in [-0.2, 0) is 5.75 Å². The molecule has 2 rings (SSSR count). The Bertz CT molecular complexity index is 513. The van der Waals surface area contributed by atoms with Gasteiger partial charge in [-0.15, -0.1) is 0 Å². The SMILES string of the molecule is N=C(N)c1ccnc(SCc2ccccc2)n1. The molecule has 5 heteroatoms. The zero-order chi connectivity index (χ0) is 12.1. The van der Waals surface area contributed by atoms with E-state index in [1.54, 1.807) is 12.3 Å². The second-order valence-corrected chi connectivity index (χ2v) is 4.35. The van der Waals surface area contributed by atoms with Crippen LogP contribution in [0.3, 0.4) is 0 Å². The van der Waals surface area contributed by atoms with Crippen molar-refractivity contribution in [1.29, 1.82) is 5.41 Å². The minimum atomic E-state index is -0.0334. The predicted octanol–water partition coefficient (Wildman–Crippen LogP) is 2.05. The van der Waals surface area contributed by atoms with Gasteiger partial charge in [-0.05, 0) is 11.6 Å². The molecule has 1 aromatic heterocycles. The summed E-state index contributed by atoms with van der Waals surface area (Å²) in [6, 6.07) is 11.7. The van der Waals surface area contributed by atoms with E-state index in [1.807, 2.05) is 18.2 Å². The number of amidine groups is 1. The van der Waals surface area contributed by atoms with Gasteiger partial charge in [-0.2, -0.15) is 0 Å². The Labute approximate surface area is 104 Å². The van der Waals surface area contributed by atoms with Crippen LogP contribution in [0.5, 0.6) is 0 Å². The minimum absolute atomic E-state index is 0.0334. The highest BCUT2D eigenvalue weighted by atomic mass is 32.2. The monoisotopic (exact) mass is 244 g/mol. The van der Waals surface area contributed by atoms with E-state index in [4.69, 9.17) is 11.1 Å². The van der Waals surface area contributed by atoms with Crippen LogP contribution in [0.15, 0.2) is 47.8 Å². The van der Waals surface area contributed by atoms with Gasteiger partial charge in [0, 0.05) is 11.9 Å². The fourth-order valence-corrected chi connectivity index (χ4v) is 2.07. The van der Waals surface area contributed by atoms with E-state index in [2.05, 4.69) is 22.1 Å². The second kappa shape index (κ2) is 5.45. The van der Waals surface area contributed by atoms with Crippen molar-refractivity contribution >= 4 is 17.6 Å². The quantitative estimate of drug-likeness (QED) is 0.373. The van der Waals surface area contributed by atoms with Gasteiger partial charge in [0.25, 0.3) is 0 Å². The Morgan fingerprint density at radius 1 is 1.24 bits per heavy atom. The molecule has 0 bridgehead atoms. The van der Waals surface area contributed by atoms with E-state index in [1.165, 1.54) is 17.3 Å². The van der Waals surface area contributed by atoms with Crippen LogP contribution in [0.4, 0.5) is 0 Å². The largest absolute Gasteiger partial charge is 0.382 e. The van der Waals surface area contributed by atoms with Gasteiger partial charge in [-0.1, -0.05) is 42.1 Å². The van der Waals surface area contributed by atoms with Crippen molar-refractivity contribution < 1.29 is 0 Å². The Kier molecular flexibility index (Phi) is 3.72. The highest BCUT2D eigenvalue weighted by Crippen LogP contribution is 2.18. The third-order valence-electron chi connectivity index (χ3n) is 2.12. The summed E-state index contributed by atoms with van der Waals surface area (Å²) in [6.45, 7) is 0. The molecule has 4 nitrogen and oxygen atoms in total. The Morgan fingerprint density at radius 2 is 2.00 bits per heavy atom. The summed E-state index contributed by atoms with van der Waals surface area (Å²) in [5.74, 6) is 0.774. The Hall–Kier alpha value is -1.88. The molecule has 0 aliphatic rings. The normalized spacial score (nSPS) is 10.1. The van der Waals surface area contributed by atoms with E-state index in [9.17, 15) is 0 Å². The molecule has 0 spiro atoms. The summed E-state index contributed by atoms with van der Waals surface area (Å²) in [5, 5.41) is 7.95. The maximum Gasteiger partial charge on any atom is 0.188 e. The summed E-state index contributed by atoms with van der Waals surface area (Å²) in [5.41, 5.74) is 7.06. The van der Waals surface area contributed by atoms with Gasteiger partial charge in [0.1, 0.15) is 11.5 Å². The lowest BCUT2D eigenvalue weighted by atomic mass is 10.2. The van der Waals surface area contributed by atoms with Crippen molar-refractivity contribution in [3.63, 3.8) is 0 Å². The molecule has 1 aromatic carbocycles. The standard InChI is InChI=1S/C12H12N4S/c13-11(14)10-6-7-15-12(16-10)17-8-9-4-2-1-3-5-9/h1-7H,8H2,(H3,13,14). The number of hydrogen-bond donors (Lipinski definition) is 2. The van der Waals surface area contributed by atoms with Gasteiger partial charge in [0.15, 0.2) is 5.16 Å². The Balaban J connectivity index is 2.04. The average molecular weight is 244 g/mol. The molecule has 1 heterocycles. The third kappa shape index (κ3) is 3.29. The van der Waals surface area contributed by atoms with Gasteiger partial charge >= 0.3 is 0 Å². The van der Waals surface area contributed by atoms with Gasteiger partial charge < -0.3 is 5.73 Å². The molecular weight excluding hydrogens is 232 g/mol. The molecular formula is C12H12N4S. The summed E-state index contributed by atoms with van der Waals surface area (Å²) in [6.07, 6.45) is 1.62. The zero-order valence-electron chi connectivity index (χ0n) is 9.13. The molecule has 0 amide bonds. The van der Waals surface area contributed by atoms with Crippen molar-refractivity contribution in [2.45, 2.75) is 10.9 Å². The summed E-state index contributed by atoms with van der Waals surface area (Å²) in [7, 11) is 0. The van der Waals surface area contributed by atoms with Crippen LogP contribution in [-0.4, -0.2) is 15.8 Å². The number of nitrogens with one attached hydrogen (secondary N) is 1. The number of hydrogen-bond acceptors (Lipinski definition) is 4. The molecule has 0 aliphatic carbocycles. The lowest BCUT2D eigenvalue weighted by Crippen LogP contribution is -2.13. The molecule has 0 saturated carbocycles. The summed E-state index contributed by atoms with van der Waals surface area (Å²) in [4.78, 5) is 8.33. The molecule has 0 unspecified atom stereocenters. The zero-order valence-corrected chi connectivity index (χ0v) is 9.95. The number of thioether (sulfide) groups is 1. The fourth-order valence-electron chi connectivity index (χ4n) is 1.28. The number of rotatable bonds is 4. The number of nitrogen functional groups attached to an aromatic ring is 1. The minimum Gasteiger partial charge on any atom is -0.382 e. The van der Waals surface area contributed by atoms with Crippen molar-refractivity contribution in [2.75, 3.05) is 0 Å². The maximum absolute atomic E-state index is 7.31. The second-order valence-electron chi connectivity index (χ2n) is 3.41. The first kappa shape index (κ1) is 11.6. The van der Waals surface area contributed by atoms with Gasteiger partial charge in [0.05, 0.1) is 0 Å². The number of benzene rings is 1. The highest BCUT2D eigenvalue weighted by molar-refractivity contribution is 7.98. The Morgan fingerprint density at radius 3 is 2.71 bits per heavy atom. The van der Waals surface area contributed by atoms with E-state index < -0.39 is 0 Å². The predicted molar refractivity (Wildman–Crippen MR) is 69.1 cm³/mol. The first-order chi connectivity index (χ1) is 8.25.